The predicted molar refractivity (Wildman–Crippen MR) is 70.5 cm³/mol. The van der Waals surface area contributed by atoms with Crippen LogP contribution >= 0.6 is 11.8 Å². The molecule has 0 heterocycles. The Hall–Kier alpha value is -0.910. The fourth-order valence-corrected chi connectivity index (χ4v) is 1.73. The first-order valence-corrected chi connectivity index (χ1v) is 7.27. The van der Waals surface area contributed by atoms with Gasteiger partial charge in [0.2, 0.25) is 0 Å². The average Bonchev–Trinajstić information content (AvgIpc) is 2.29. The zero-order valence-electron chi connectivity index (χ0n) is 10.5. The lowest BCUT2D eigenvalue weighted by atomic mass is 10.1. The second kappa shape index (κ2) is 10.3. The fraction of sp³-hybridized carbons (Fsp3) is 0.818. The van der Waals surface area contributed by atoms with Gasteiger partial charge >= 0.3 is 12.0 Å². The fourth-order valence-electron chi connectivity index (χ4n) is 1.29. The minimum atomic E-state index is -0.974. The zero-order valence-corrected chi connectivity index (χ0v) is 11.3. The average molecular weight is 262 g/mol. The van der Waals surface area contributed by atoms with E-state index in [9.17, 15) is 9.59 Å². The van der Waals surface area contributed by atoms with E-state index in [4.69, 9.17) is 5.11 Å². The SMILES string of the molecule is CCCC[C@H](NC(=O)NCCCSC)C(=O)O. The molecule has 2 amide bonds. The smallest absolute Gasteiger partial charge is 0.326 e. The molecule has 0 aliphatic carbocycles. The standard InChI is InChI=1S/C11H22N2O3S/c1-3-4-6-9(10(14)15)13-11(16)12-7-5-8-17-2/h9H,3-8H2,1-2H3,(H,14,15)(H2,12,13,16)/t9-/m0/s1. The molecule has 0 rings (SSSR count). The van der Waals surface area contributed by atoms with Crippen LogP contribution in [0.2, 0.25) is 0 Å². The topological polar surface area (TPSA) is 78.4 Å². The van der Waals surface area contributed by atoms with Crippen molar-refractivity contribution in [2.24, 2.45) is 0 Å². The molecule has 0 spiro atoms. The van der Waals surface area contributed by atoms with Crippen molar-refractivity contribution in [2.75, 3.05) is 18.6 Å². The molecule has 0 aromatic carbocycles. The van der Waals surface area contributed by atoms with Crippen LogP contribution in [0.25, 0.3) is 0 Å². The van der Waals surface area contributed by atoms with Gasteiger partial charge in [-0.1, -0.05) is 19.8 Å². The molecule has 0 aromatic rings. The lowest BCUT2D eigenvalue weighted by molar-refractivity contribution is -0.139. The van der Waals surface area contributed by atoms with E-state index in [1.54, 1.807) is 11.8 Å². The molecule has 0 saturated heterocycles. The van der Waals surface area contributed by atoms with Crippen molar-refractivity contribution < 1.29 is 14.7 Å². The Morgan fingerprint density at radius 2 is 2.06 bits per heavy atom. The van der Waals surface area contributed by atoms with Gasteiger partial charge in [-0.3, -0.25) is 0 Å². The quantitative estimate of drug-likeness (QED) is 0.552. The van der Waals surface area contributed by atoms with Gasteiger partial charge in [0.05, 0.1) is 0 Å². The van der Waals surface area contributed by atoms with Crippen molar-refractivity contribution in [3.63, 3.8) is 0 Å². The van der Waals surface area contributed by atoms with Crippen molar-refractivity contribution in [1.82, 2.24) is 10.6 Å². The summed E-state index contributed by atoms with van der Waals surface area (Å²) in [5, 5.41) is 14.0. The maximum absolute atomic E-state index is 11.4. The number of unbranched alkanes of at least 4 members (excludes halogenated alkanes) is 1. The third kappa shape index (κ3) is 8.85. The van der Waals surface area contributed by atoms with Crippen LogP contribution in [0.5, 0.6) is 0 Å². The van der Waals surface area contributed by atoms with Crippen molar-refractivity contribution in [3.8, 4) is 0 Å². The lowest BCUT2D eigenvalue weighted by Crippen LogP contribution is -2.46. The first kappa shape index (κ1) is 16.1. The molecule has 6 heteroatoms. The Kier molecular flexibility index (Phi) is 9.71. The first-order valence-electron chi connectivity index (χ1n) is 5.88. The van der Waals surface area contributed by atoms with E-state index in [1.165, 1.54) is 0 Å². The number of amides is 2. The highest BCUT2D eigenvalue weighted by molar-refractivity contribution is 7.98. The van der Waals surface area contributed by atoms with E-state index >= 15 is 0 Å². The highest BCUT2D eigenvalue weighted by Gasteiger charge is 2.18. The summed E-state index contributed by atoms with van der Waals surface area (Å²) in [6.07, 6.45) is 5.08. The van der Waals surface area contributed by atoms with E-state index < -0.39 is 18.0 Å². The van der Waals surface area contributed by atoms with Gasteiger partial charge in [-0.25, -0.2) is 9.59 Å². The van der Waals surface area contributed by atoms with Crippen LogP contribution in [0.1, 0.15) is 32.6 Å². The molecule has 0 fully saturated rings. The molecule has 100 valence electrons. The molecule has 0 unspecified atom stereocenters. The molecule has 17 heavy (non-hydrogen) atoms. The van der Waals surface area contributed by atoms with Gasteiger partial charge in [-0.2, -0.15) is 11.8 Å². The number of carbonyl (C=O) groups is 2. The number of hydrogen-bond acceptors (Lipinski definition) is 3. The summed E-state index contributed by atoms with van der Waals surface area (Å²) in [5.41, 5.74) is 0. The number of hydrogen-bond donors (Lipinski definition) is 3. The van der Waals surface area contributed by atoms with Gasteiger partial charge in [0.1, 0.15) is 6.04 Å². The van der Waals surface area contributed by atoms with Crippen molar-refractivity contribution >= 4 is 23.8 Å². The molecular weight excluding hydrogens is 240 g/mol. The van der Waals surface area contributed by atoms with Gasteiger partial charge in [-0.05, 0) is 24.9 Å². The van der Waals surface area contributed by atoms with Crippen LogP contribution in [0.3, 0.4) is 0 Å². The van der Waals surface area contributed by atoms with Crippen LogP contribution in [0, 0.1) is 0 Å². The largest absolute Gasteiger partial charge is 0.480 e. The minimum absolute atomic E-state index is 0.394. The Bertz CT molecular complexity index is 237. The molecule has 0 aliphatic rings. The van der Waals surface area contributed by atoms with Crippen LogP contribution in [-0.4, -0.2) is 41.7 Å². The number of carbonyl (C=O) groups excluding carboxylic acids is 1. The van der Waals surface area contributed by atoms with Crippen molar-refractivity contribution in [2.45, 2.75) is 38.6 Å². The Labute approximate surface area is 107 Å². The normalized spacial score (nSPS) is 11.9. The van der Waals surface area contributed by atoms with E-state index in [0.717, 1.165) is 25.0 Å². The number of nitrogens with one attached hydrogen (secondary N) is 2. The summed E-state index contributed by atoms with van der Waals surface area (Å²) < 4.78 is 0. The summed E-state index contributed by atoms with van der Waals surface area (Å²) in [6, 6.07) is -1.18. The zero-order chi connectivity index (χ0) is 13.1. The number of urea groups is 1. The van der Waals surface area contributed by atoms with Gasteiger partial charge in [-0.15, -0.1) is 0 Å². The van der Waals surface area contributed by atoms with E-state index in [1.807, 2.05) is 13.2 Å². The Morgan fingerprint density at radius 1 is 1.35 bits per heavy atom. The summed E-state index contributed by atoms with van der Waals surface area (Å²) in [7, 11) is 0. The Balaban J connectivity index is 3.83. The highest BCUT2D eigenvalue weighted by atomic mass is 32.2. The number of aliphatic carboxylic acids is 1. The second-order valence-electron chi connectivity index (χ2n) is 3.78. The molecule has 0 bridgehead atoms. The van der Waals surface area contributed by atoms with E-state index in [0.29, 0.717) is 13.0 Å². The van der Waals surface area contributed by atoms with Gasteiger partial charge in [0.25, 0.3) is 0 Å². The van der Waals surface area contributed by atoms with E-state index in [2.05, 4.69) is 10.6 Å². The molecule has 0 aliphatic heterocycles. The second-order valence-corrected chi connectivity index (χ2v) is 4.77. The first-order chi connectivity index (χ1) is 8.11. The van der Waals surface area contributed by atoms with Gasteiger partial charge in [0.15, 0.2) is 0 Å². The number of carboxylic acids is 1. The summed E-state index contributed by atoms with van der Waals surface area (Å²) >= 11 is 1.72. The molecule has 3 N–H and O–H groups in total. The molecular formula is C11H22N2O3S. The third-order valence-corrected chi connectivity index (χ3v) is 2.96. The summed E-state index contributed by atoms with van der Waals surface area (Å²) in [6.45, 7) is 2.56. The maximum Gasteiger partial charge on any atom is 0.326 e. The summed E-state index contributed by atoms with van der Waals surface area (Å²) in [5.74, 6) is 0.0103. The predicted octanol–water partition coefficient (Wildman–Crippen LogP) is 1.68. The van der Waals surface area contributed by atoms with Crippen molar-refractivity contribution in [1.29, 1.82) is 0 Å². The van der Waals surface area contributed by atoms with Crippen LogP contribution in [0.15, 0.2) is 0 Å². The molecule has 0 radical (unpaired) electrons. The molecule has 5 nitrogen and oxygen atoms in total. The van der Waals surface area contributed by atoms with Crippen LogP contribution in [-0.2, 0) is 4.79 Å². The van der Waals surface area contributed by atoms with Crippen molar-refractivity contribution in [3.05, 3.63) is 0 Å². The monoisotopic (exact) mass is 262 g/mol. The minimum Gasteiger partial charge on any atom is -0.480 e. The lowest BCUT2D eigenvalue weighted by Gasteiger charge is -2.14. The summed E-state index contributed by atoms with van der Waals surface area (Å²) in [4.78, 5) is 22.3. The van der Waals surface area contributed by atoms with Crippen LogP contribution in [0.4, 0.5) is 4.79 Å². The number of carboxylic acid groups (broad SMARTS) is 1. The highest BCUT2D eigenvalue weighted by Crippen LogP contribution is 2.00. The number of thioether (sulfide) groups is 1. The Morgan fingerprint density at radius 3 is 2.59 bits per heavy atom. The van der Waals surface area contributed by atoms with Crippen LogP contribution < -0.4 is 10.6 Å². The van der Waals surface area contributed by atoms with Gasteiger partial charge < -0.3 is 15.7 Å². The maximum atomic E-state index is 11.4. The van der Waals surface area contributed by atoms with E-state index in [-0.39, 0.29) is 0 Å². The number of rotatable bonds is 9. The third-order valence-electron chi connectivity index (χ3n) is 2.26. The molecule has 0 aromatic heterocycles. The molecule has 1 atom stereocenters. The van der Waals surface area contributed by atoms with Gasteiger partial charge in [0, 0.05) is 6.54 Å². The molecule has 0 saturated carbocycles.